The Bertz CT molecular complexity index is 1240. The number of amides is 2. The number of anilines is 1. The van der Waals surface area contributed by atoms with Crippen molar-refractivity contribution in [2.75, 3.05) is 18.5 Å². The van der Waals surface area contributed by atoms with Gasteiger partial charge in [-0.05, 0) is 48.0 Å². The third-order valence-corrected chi connectivity index (χ3v) is 4.48. The number of nitrogens with one attached hydrogen (secondary N) is 2. The van der Waals surface area contributed by atoms with E-state index in [1.54, 1.807) is 24.3 Å². The molecule has 0 radical (unpaired) electrons. The van der Waals surface area contributed by atoms with Gasteiger partial charge >= 0.3 is 5.97 Å². The maximum Gasteiger partial charge on any atom is 0.338 e. The number of hydrogen-bond donors (Lipinski definition) is 2. The first-order chi connectivity index (χ1) is 16.7. The van der Waals surface area contributed by atoms with Crippen molar-refractivity contribution in [3.8, 4) is 5.75 Å². The number of hydrogen-bond acceptors (Lipinski definition) is 5. The quantitative estimate of drug-likeness (QED) is 0.271. The molecule has 35 heavy (non-hydrogen) atoms. The summed E-state index contributed by atoms with van der Waals surface area (Å²) in [5, 5.41) is 4.12. The van der Waals surface area contributed by atoms with Crippen molar-refractivity contribution in [2.45, 2.75) is 6.61 Å². The van der Waals surface area contributed by atoms with Gasteiger partial charge in [-0.15, -0.1) is 0 Å². The lowest BCUT2D eigenvalue weighted by Crippen LogP contribution is -2.35. The van der Waals surface area contributed by atoms with E-state index in [1.165, 1.54) is 24.3 Å². The first-order valence-electron chi connectivity index (χ1n) is 10.1. The van der Waals surface area contributed by atoms with E-state index >= 15 is 0 Å². The van der Waals surface area contributed by atoms with Gasteiger partial charge in [0, 0.05) is 0 Å². The zero-order valence-electron chi connectivity index (χ0n) is 17.9. The van der Waals surface area contributed by atoms with Gasteiger partial charge in [-0.2, -0.15) is 0 Å². The molecule has 2 amide bonds. The van der Waals surface area contributed by atoms with Crippen LogP contribution in [-0.2, 0) is 20.9 Å². The van der Waals surface area contributed by atoms with E-state index in [4.69, 9.17) is 9.47 Å². The Kier molecular flexibility index (Phi) is 8.38. The Hall–Kier alpha value is -4.41. The number of carbonyl (C=O) groups is 3. The van der Waals surface area contributed by atoms with Crippen molar-refractivity contribution >= 4 is 23.5 Å². The van der Waals surface area contributed by atoms with Gasteiger partial charge in [0.05, 0.1) is 17.8 Å². The predicted molar refractivity (Wildman–Crippen MR) is 115 cm³/mol. The molecule has 0 spiro atoms. The van der Waals surface area contributed by atoms with Gasteiger partial charge in [-0.1, -0.05) is 18.2 Å². The lowest BCUT2D eigenvalue weighted by molar-refractivity contribution is -0.126. The molecule has 0 saturated carbocycles. The second kappa shape index (κ2) is 11.6. The molecule has 3 aromatic carbocycles. The fraction of sp³-hybridized carbons (Fsp3) is 0.125. The molecule has 0 aliphatic rings. The number of carbonyl (C=O) groups excluding carboxylic acids is 3. The zero-order chi connectivity index (χ0) is 25.4. The summed E-state index contributed by atoms with van der Waals surface area (Å²) < 4.78 is 63.1. The molecule has 2 N–H and O–H groups in total. The molecule has 0 aliphatic carbocycles. The van der Waals surface area contributed by atoms with Crippen LogP contribution in [0.2, 0.25) is 0 Å². The lowest BCUT2D eigenvalue weighted by atomic mass is 10.2. The maximum atomic E-state index is 13.6. The summed E-state index contributed by atoms with van der Waals surface area (Å²) in [5.74, 6) is -7.36. The van der Waals surface area contributed by atoms with Crippen LogP contribution in [0.25, 0.3) is 0 Å². The Morgan fingerprint density at radius 1 is 0.829 bits per heavy atom. The fourth-order valence-electron chi connectivity index (χ4n) is 2.72. The molecule has 0 bridgehead atoms. The normalized spacial score (nSPS) is 10.4. The number of halogens is 4. The first kappa shape index (κ1) is 25.2. The predicted octanol–water partition coefficient (Wildman–Crippen LogP) is 3.73. The minimum absolute atomic E-state index is 0.0981. The SMILES string of the molecule is O=C(COC(=O)c1cccc(OCc2ccc(F)cc2)c1)NCC(=O)Nc1ccc(F)c(F)c1F. The van der Waals surface area contributed by atoms with E-state index in [9.17, 15) is 31.9 Å². The van der Waals surface area contributed by atoms with Crippen LogP contribution in [-0.4, -0.2) is 30.9 Å². The summed E-state index contributed by atoms with van der Waals surface area (Å²) in [4.78, 5) is 35.8. The smallest absolute Gasteiger partial charge is 0.338 e. The molecule has 182 valence electrons. The van der Waals surface area contributed by atoms with Gasteiger partial charge in [0.2, 0.25) is 5.91 Å². The molecular weight excluding hydrogens is 472 g/mol. The van der Waals surface area contributed by atoms with Gasteiger partial charge in [-0.3, -0.25) is 9.59 Å². The second-order valence-electron chi connectivity index (χ2n) is 7.07. The van der Waals surface area contributed by atoms with Crippen molar-refractivity contribution in [3.05, 3.63) is 95.1 Å². The highest BCUT2D eigenvalue weighted by Gasteiger charge is 2.16. The summed E-state index contributed by atoms with van der Waals surface area (Å²) in [7, 11) is 0. The average molecular weight is 490 g/mol. The van der Waals surface area contributed by atoms with Crippen molar-refractivity contribution in [2.24, 2.45) is 0 Å². The number of ether oxygens (including phenoxy) is 2. The van der Waals surface area contributed by atoms with Gasteiger partial charge < -0.3 is 20.1 Å². The van der Waals surface area contributed by atoms with E-state index in [0.29, 0.717) is 17.4 Å². The van der Waals surface area contributed by atoms with Crippen LogP contribution in [0, 0.1) is 23.3 Å². The average Bonchev–Trinajstić information content (AvgIpc) is 2.86. The van der Waals surface area contributed by atoms with Crippen LogP contribution in [0.15, 0.2) is 60.7 Å². The maximum absolute atomic E-state index is 13.6. The van der Waals surface area contributed by atoms with Crippen LogP contribution in [0.4, 0.5) is 23.2 Å². The highest BCUT2D eigenvalue weighted by molar-refractivity contribution is 5.95. The van der Waals surface area contributed by atoms with Crippen LogP contribution in [0.5, 0.6) is 5.75 Å². The van der Waals surface area contributed by atoms with E-state index in [0.717, 1.165) is 6.07 Å². The molecular formula is C24H18F4N2O5. The standard InChI is InChI=1S/C24H18F4N2O5/c25-16-6-4-14(5-7-16)12-34-17-3-1-2-15(10-17)24(33)35-13-21(32)29-11-20(31)30-19-9-8-18(26)22(27)23(19)28/h1-10H,11-13H2,(H,29,32)(H,30,31). The Balaban J connectivity index is 1.44. The lowest BCUT2D eigenvalue weighted by Gasteiger charge is -2.10. The molecule has 0 fully saturated rings. The molecule has 0 aromatic heterocycles. The fourth-order valence-corrected chi connectivity index (χ4v) is 2.72. The summed E-state index contributed by atoms with van der Waals surface area (Å²) in [6.07, 6.45) is 0. The third kappa shape index (κ3) is 7.29. The van der Waals surface area contributed by atoms with E-state index < -0.39 is 54.1 Å². The largest absolute Gasteiger partial charge is 0.489 e. The molecule has 0 aliphatic heterocycles. The van der Waals surface area contributed by atoms with Crippen molar-refractivity contribution in [1.82, 2.24) is 5.32 Å². The first-order valence-corrected chi connectivity index (χ1v) is 10.1. The number of esters is 1. The van der Waals surface area contributed by atoms with Crippen LogP contribution in [0.3, 0.4) is 0 Å². The summed E-state index contributed by atoms with van der Waals surface area (Å²) in [5.41, 5.74) is 0.212. The van der Waals surface area contributed by atoms with E-state index in [2.05, 4.69) is 5.32 Å². The molecule has 0 heterocycles. The Morgan fingerprint density at radius 3 is 2.31 bits per heavy atom. The van der Waals surface area contributed by atoms with Gasteiger partial charge in [0.25, 0.3) is 5.91 Å². The van der Waals surface area contributed by atoms with E-state index in [-0.39, 0.29) is 18.0 Å². The third-order valence-electron chi connectivity index (χ3n) is 4.48. The van der Waals surface area contributed by atoms with Gasteiger partial charge in [0.15, 0.2) is 24.1 Å². The minimum atomic E-state index is -1.75. The Morgan fingerprint density at radius 2 is 1.57 bits per heavy atom. The Labute approximate surface area is 196 Å². The highest BCUT2D eigenvalue weighted by atomic mass is 19.2. The van der Waals surface area contributed by atoms with Gasteiger partial charge in [0.1, 0.15) is 18.2 Å². The molecule has 7 nitrogen and oxygen atoms in total. The molecule has 0 saturated heterocycles. The molecule has 3 rings (SSSR count). The minimum Gasteiger partial charge on any atom is -0.489 e. The topological polar surface area (TPSA) is 93.7 Å². The van der Waals surface area contributed by atoms with Crippen LogP contribution >= 0.6 is 0 Å². The summed E-state index contributed by atoms with van der Waals surface area (Å²) in [6.45, 7) is -1.22. The second-order valence-corrected chi connectivity index (χ2v) is 7.07. The van der Waals surface area contributed by atoms with Crippen LogP contribution in [0.1, 0.15) is 15.9 Å². The molecule has 3 aromatic rings. The van der Waals surface area contributed by atoms with Crippen molar-refractivity contribution < 1.29 is 41.4 Å². The van der Waals surface area contributed by atoms with Gasteiger partial charge in [-0.25, -0.2) is 22.4 Å². The molecule has 11 heteroatoms. The number of benzene rings is 3. The van der Waals surface area contributed by atoms with Crippen LogP contribution < -0.4 is 15.4 Å². The monoisotopic (exact) mass is 490 g/mol. The van der Waals surface area contributed by atoms with E-state index in [1.807, 2.05) is 5.32 Å². The highest BCUT2D eigenvalue weighted by Crippen LogP contribution is 2.19. The van der Waals surface area contributed by atoms with Crippen molar-refractivity contribution in [3.63, 3.8) is 0 Å². The molecule has 0 unspecified atom stereocenters. The molecule has 0 atom stereocenters. The van der Waals surface area contributed by atoms with Crippen molar-refractivity contribution in [1.29, 1.82) is 0 Å². The number of rotatable bonds is 9. The summed E-state index contributed by atoms with van der Waals surface area (Å²) in [6, 6.07) is 13.1. The zero-order valence-corrected chi connectivity index (χ0v) is 17.9. The summed E-state index contributed by atoms with van der Waals surface area (Å²) >= 11 is 0.